The van der Waals surface area contributed by atoms with Crippen LogP contribution in [-0.4, -0.2) is 17.7 Å². The predicted octanol–water partition coefficient (Wildman–Crippen LogP) is 7.33. The molecule has 0 fully saturated rings. The van der Waals surface area contributed by atoms with Crippen molar-refractivity contribution >= 4 is 48.8 Å². The van der Waals surface area contributed by atoms with Crippen LogP contribution in [0.4, 0.5) is 4.39 Å². The molecular formula is C32H27Br2FO2. The molecule has 0 saturated heterocycles. The fraction of sp³-hybridized carbons (Fsp3) is 0.219. The molecule has 6 rings (SSSR count). The summed E-state index contributed by atoms with van der Waals surface area (Å²) in [6.07, 6.45) is 18.4. The van der Waals surface area contributed by atoms with Gasteiger partial charge in [0.1, 0.15) is 12.4 Å². The second kappa shape index (κ2) is 11.3. The summed E-state index contributed by atoms with van der Waals surface area (Å²) in [5.74, 6) is -0.202. The van der Waals surface area contributed by atoms with Crippen LogP contribution in [0.25, 0.3) is 11.1 Å². The average Bonchev–Trinajstić information content (AvgIpc) is 2.93. The van der Waals surface area contributed by atoms with Crippen LogP contribution in [0.3, 0.4) is 0 Å². The van der Waals surface area contributed by atoms with Crippen molar-refractivity contribution in [3.05, 3.63) is 128 Å². The highest BCUT2D eigenvalue weighted by atomic mass is 79.9. The summed E-state index contributed by atoms with van der Waals surface area (Å²) in [6, 6.07) is 9.46. The smallest absolute Gasteiger partial charge is 0.168 e. The SMILES string of the molecule is C1=CCOC=C1.CC1=c2ccc3c(c2C(c2ccc(F)c(Br)c2)C=C1CCBr)C(=O)CC1=CCC=CC=31. The number of rotatable bonds is 3. The van der Waals surface area contributed by atoms with E-state index >= 15 is 0 Å². The van der Waals surface area contributed by atoms with E-state index in [0.717, 1.165) is 63.1 Å². The van der Waals surface area contributed by atoms with Gasteiger partial charge in [-0.2, -0.15) is 0 Å². The lowest BCUT2D eigenvalue weighted by molar-refractivity contribution is 0.0990. The average molecular weight is 622 g/mol. The van der Waals surface area contributed by atoms with Gasteiger partial charge in [0.15, 0.2) is 5.78 Å². The number of hydrogen-bond acceptors (Lipinski definition) is 2. The number of ketones is 1. The van der Waals surface area contributed by atoms with Crippen LogP contribution in [-0.2, 0) is 4.74 Å². The third-order valence-corrected chi connectivity index (χ3v) is 8.15. The van der Waals surface area contributed by atoms with Gasteiger partial charge in [-0.3, -0.25) is 4.79 Å². The first-order chi connectivity index (χ1) is 18.0. The van der Waals surface area contributed by atoms with Crippen molar-refractivity contribution in [3.8, 4) is 0 Å². The molecule has 37 heavy (non-hydrogen) atoms. The van der Waals surface area contributed by atoms with E-state index in [4.69, 9.17) is 4.74 Å². The summed E-state index contributed by atoms with van der Waals surface area (Å²) in [5, 5.41) is 3.02. The van der Waals surface area contributed by atoms with Gasteiger partial charge in [0, 0.05) is 23.2 Å². The van der Waals surface area contributed by atoms with Gasteiger partial charge < -0.3 is 4.74 Å². The molecule has 1 aliphatic heterocycles. The van der Waals surface area contributed by atoms with Crippen molar-refractivity contribution in [2.75, 3.05) is 11.9 Å². The molecule has 4 aliphatic rings. The van der Waals surface area contributed by atoms with Crippen LogP contribution in [0.2, 0.25) is 0 Å². The van der Waals surface area contributed by atoms with Crippen molar-refractivity contribution in [3.63, 3.8) is 0 Å². The maximum absolute atomic E-state index is 14.0. The lowest BCUT2D eigenvalue weighted by Gasteiger charge is -2.29. The second-order valence-electron chi connectivity index (χ2n) is 9.33. The Morgan fingerprint density at radius 1 is 1.11 bits per heavy atom. The van der Waals surface area contributed by atoms with Crippen molar-refractivity contribution in [2.45, 2.75) is 32.1 Å². The summed E-state index contributed by atoms with van der Waals surface area (Å²) in [7, 11) is 0. The highest BCUT2D eigenvalue weighted by Gasteiger charge is 2.30. The van der Waals surface area contributed by atoms with E-state index in [-0.39, 0.29) is 17.5 Å². The van der Waals surface area contributed by atoms with Crippen LogP contribution >= 0.6 is 31.9 Å². The Hall–Kier alpha value is -2.76. The molecule has 2 nitrogen and oxygen atoms in total. The Balaban J connectivity index is 0.000000412. The fourth-order valence-electron chi connectivity index (χ4n) is 5.37. The zero-order valence-corrected chi connectivity index (χ0v) is 23.7. The number of fused-ring (bicyclic) bond motifs is 4. The standard InChI is InChI=1S/C27H21Br2FO.C5H6O/c1-15-16(10-11-28)12-22(18-6-9-24(30)23(29)13-18)26-19(15)7-8-21-20-5-3-2-4-17(20)14-25(31)27(21)26;1-2-4-6-5-3-1/h3-9,12-13,22H,2,10-11,14H2,1H3;1-4H,5H2. The van der Waals surface area contributed by atoms with Gasteiger partial charge in [-0.25, -0.2) is 4.39 Å². The molecule has 0 N–H and O–H groups in total. The van der Waals surface area contributed by atoms with Crippen LogP contribution in [0, 0.1) is 5.82 Å². The number of alkyl halides is 1. The zero-order chi connectivity index (χ0) is 25.9. The van der Waals surface area contributed by atoms with Crippen LogP contribution in [0.15, 0.2) is 94.7 Å². The Kier molecular flexibility index (Phi) is 7.92. The van der Waals surface area contributed by atoms with Crippen LogP contribution in [0.5, 0.6) is 0 Å². The highest BCUT2D eigenvalue weighted by molar-refractivity contribution is 9.10. The Morgan fingerprint density at radius 3 is 2.62 bits per heavy atom. The largest absolute Gasteiger partial charge is 0.497 e. The summed E-state index contributed by atoms with van der Waals surface area (Å²) in [4.78, 5) is 13.4. The second-order valence-corrected chi connectivity index (χ2v) is 11.0. The van der Waals surface area contributed by atoms with E-state index in [1.54, 1.807) is 6.26 Å². The molecule has 0 radical (unpaired) electrons. The minimum atomic E-state index is -0.281. The molecule has 2 aromatic carbocycles. The molecule has 1 heterocycles. The van der Waals surface area contributed by atoms with Crippen molar-refractivity contribution < 1.29 is 13.9 Å². The molecule has 0 bridgehead atoms. The molecular weight excluding hydrogens is 595 g/mol. The zero-order valence-electron chi connectivity index (χ0n) is 20.6. The van der Waals surface area contributed by atoms with Gasteiger partial charge in [0.05, 0.1) is 10.7 Å². The number of benzene rings is 2. The summed E-state index contributed by atoms with van der Waals surface area (Å²) in [5.41, 5.74) is 7.65. The molecule has 1 unspecified atom stereocenters. The minimum absolute atomic E-state index is 0.0951. The van der Waals surface area contributed by atoms with Gasteiger partial charge in [-0.1, -0.05) is 64.5 Å². The monoisotopic (exact) mass is 620 g/mol. The summed E-state index contributed by atoms with van der Waals surface area (Å²) >= 11 is 6.92. The van der Waals surface area contributed by atoms with Crippen molar-refractivity contribution in [2.24, 2.45) is 0 Å². The van der Waals surface area contributed by atoms with Gasteiger partial charge in [0.2, 0.25) is 0 Å². The summed E-state index contributed by atoms with van der Waals surface area (Å²) < 4.78 is 19.2. The van der Waals surface area contributed by atoms with Gasteiger partial charge in [0.25, 0.3) is 0 Å². The first kappa shape index (κ1) is 25.9. The number of halogens is 3. The Labute approximate surface area is 233 Å². The van der Waals surface area contributed by atoms with Gasteiger partial charge in [-0.15, -0.1) is 0 Å². The first-order valence-electron chi connectivity index (χ1n) is 12.4. The van der Waals surface area contributed by atoms with Crippen molar-refractivity contribution in [1.29, 1.82) is 0 Å². The Bertz CT molecular complexity index is 1530. The molecule has 0 spiro atoms. The van der Waals surface area contributed by atoms with Gasteiger partial charge >= 0.3 is 0 Å². The number of Topliss-reactive ketones (excluding diaryl/α,β-unsaturated/α-hetero) is 1. The third-order valence-electron chi connectivity index (χ3n) is 7.14. The molecule has 5 heteroatoms. The van der Waals surface area contributed by atoms with E-state index in [1.165, 1.54) is 17.2 Å². The normalized spacial score (nSPS) is 19.1. The van der Waals surface area contributed by atoms with Crippen LogP contribution in [0.1, 0.15) is 53.6 Å². The lowest BCUT2D eigenvalue weighted by Crippen LogP contribution is -2.34. The molecule has 0 saturated carbocycles. The topological polar surface area (TPSA) is 26.3 Å². The molecule has 3 aliphatic carbocycles. The third kappa shape index (κ3) is 5.17. The van der Waals surface area contributed by atoms with Crippen LogP contribution < -0.4 is 10.4 Å². The maximum Gasteiger partial charge on any atom is 0.168 e. The maximum atomic E-state index is 14.0. The van der Waals surface area contributed by atoms with E-state index in [2.05, 4.69) is 75.2 Å². The molecule has 188 valence electrons. The number of carbonyl (C=O) groups is 1. The van der Waals surface area contributed by atoms with Gasteiger partial charge in [-0.05, 0) is 104 Å². The first-order valence-corrected chi connectivity index (χ1v) is 14.3. The number of hydrogen-bond donors (Lipinski definition) is 0. The molecule has 0 aromatic heterocycles. The van der Waals surface area contributed by atoms with E-state index in [9.17, 15) is 9.18 Å². The van der Waals surface area contributed by atoms with E-state index < -0.39 is 0 Å². The quantitative estimate of drug-likeness (QED) is 0.336. The van der Waals surface area contributed by atoms with E-state index in [1.807, 2.05) is 30.4 Å². The minimum Gasteiger partial charge on any atom is -0.497 e. The highest BCUT2D eigenvalue weighted by Crippen LogP contribution is 2.37. The lowest BCUT2D eigenvalue weighted by atomic mass is 9.74. The number of ether oxygens (including phenoxy) is 1. The number of carbonyl (C=O) groups excluding carboxylic acids is 1. The fourth-order valence-corrected chi connectivity index (χ4v) is 6.19. The molecule has 0 amide bonds. The molecule has 1 atom stereocenters. The summed E-state index contributed by atoms with van der Waals surface area (Å²) in [6.45, 7) is 2.87. The number of allylic oxidation sites excluding steroid dienone is 8. The van der Waals surface area contributed by atoms with E-state index in [0.29, 0.717) is 10.9 Å². The molecule has 2 aromatic rings. The Morgan fingerprint density at radius 2 is 1.95 bits per heavy atom. The van der Waals surface area contributed by atoms with Crippen molar-refractivity contribution in [1.82, 2.24) is 0 Å². The predicted molar refractivity (Wildman–Crippen MR) is 156 cm³/mol.